The Bertz CT molecular complexity index is 231. The fourth-order valence-corrected chi connectivity index (χ4v) is 0.683. The summed E-state index contributed by atoms with van der Waals surface area (Å²) in [4.78, 5) is 10.3. The molecule has 0 aliphatic rings. The number of halogens is 1. The Morgan fingerprint density at radius 3 is 2.50 bits per heavy atom. The maximum atomic E-state index is 10.3. The molecule has 0 atom stereocenters. The molecule has 1 N–H and O–H groups in total. The summed E-state index contributed by atoms with van der Waals surface area (Å²) in [5.74, 6) is -0.887. The van der Waals surface area contributed by atoms with Crippen LogP contribution in [0.3, 0.4) is 0 Å². The van der Waals surface area contributed by atoms with Crippen LogP contribution in [0.15, 0.2) is 18.3 Å². The molecule has 10 heavy (non-hydrogen) atoms. The van der Waals surface area contributed by atoms with Gasteiger partial charge in [-0.1, -0.05) is 0 Å². The highest BCUT2D eigenvalue weighted by Gasteiger charge is 2.03. The molecule has 0 fully saturated rings. The largest absolute Gasteiger partial charge is 0.477 e. The third-order valence-electron chi connectivity index (χ3n) is 1.16. The zero-order valence-electron chi connectivity index (χ0n) is 5.44. The average molecular weight is 206 g/mol. The summed E-state index contributed by atoms with van der Waals surface area (Å²) in [7, 11) is 1.70. The van der Waals surface area contributed by atoms with E-state index < -0.39 is 5.97 Å². The molecule has 3 nitrogen and oxygen atoms in total. The molecule has 0 unspecified atom stereocenters. The van der Waals surface area contributed by atoms with Gasteiger partial charge in [-0.3, -0.25) is 0 Å². The standard InChI is InChI=1S/C6H7NO2.BrH/c1-7-4-2-3-5(7)6(8)9;/h2-4H,1H3,(H,8,9);1H. The van der Waals surface area contributed by atoms with Crippen molar-refractivity contribution < 1.29 is 9.90 Å². The van der Waals surface area contributed by atoms with Crippen molar-refractivity contribution in [1.82, 2.24) is 4.57 Å². The van der Waals surface area contributed by atoms with Crippen LogP contribution in [0.1, 0.15) is 10.5 Å². The van der Waals surface area contributed by atoms with Gasteiger partial charge in [0, 0.05) is 13.2 Å². The van der Waals surface area contributed by atoms with Gasteiger partial charge in [-0.15, -0.1) is 17.0 Å². The molecule has 56 valence electrons. The van der Waals surface area contributed by atoms with E-state index in [0.717, 1.165) is 0 Å². The first-order valence-electron chi connectivity index (χ1n) is 2.56. The van der Waals surface area contributed by atoms with Crippen molar-refractivity contribution in [3.05, 3.63) is 24.0 Å². The minimum absolute atomic E-state index is 0. The Kier molecular flexibility index (Phi) is 3.15. The van der Waals surface area contributed by atoms with Gasteiger partial charge in [0.1, 0.15) is 5.69 Å². The molecule has 0 aromatic carbocycles. The van der Waals surface area contributed by atoms with Crippen LogP contribution in [0.2, 0.25) is 0 Å². The number of aromatic carboxylic acids is 1. The number of aryl methyl sites for hydroxylation is 1. The first-order valence-corrected chi connectivity index (χ1v) is 2.56. The first-order chi connectivity index (χ1) is 4.22. The maximum Gasteiger partial charge on any atom is 0.352 e. The van der Waals surface area contributed by atoms with Crippen molar-refractivity contribution >= 4 is 23.0 Å². The lowest BCUT2D eigenvalue weighted by atomic mass is 10.4. The third kappa shape index (κ3) is 1.60. The Balaban J connectivity index is 0.000000810. The highest BCUT2D eigenvalue weighted by molar-refractivity contribution is 8.93. The summed E-state index contributed by atoms with van der Waals surface area (Å²) in [5.41, 5.74) is 0.315. The summed E-state index contributed by atoms with van der Waals surface area (Å²) < 4.78 is 1.56. The van der Waals surface area contributed by atoms with Gasteiger partial charge in [0.25, 0.3) is 0 Å². The average Bonchev–Trinajstić information content (AvgIpc) is 2.13. The van der Waals surface area contributed by atoms with Gasteiger partial charge >= 0.3 is 5.97 Å². The van der Waals surface area contributed by atoms with Crippen molar-refractivity contribution in [1.29, 1.82) is 0 Å². The van der Waals surface area contributed by atoms with Crippen molar-refractivity contribution in [3.8, 4) is 0 Å². The number of aromatic nitrogens is 1. The van der Waals surface area contributed by atoms with Gasteiger partial charge in [0.15, 0.2) is 0 Å². The summed E-state index contributed by atoms with van der Waals surface area (Å²) in [6.07, 6.45) is 1.70. The zero-order chi connectivity index (χ0) is 6.85. The van der Waals surface area contributed by atoms with Crippen molar-refractivity contribution in [2.75, 3.05) is 0 Å². The maximum absolute atomic E-state index is 10.3. The molecule has 0 saturated heterocycles. The topological polar surface area (TPSA) is 42.2 Å². The van der Waals surface area contributed by atoms with E-state index in [0.29, 0.717) is 5.69 Å². The number of nitrogens with zero attached hydrogens (tertiary/aromatic N) is 1. The highest BCUT2D eigenvalue weighted by atomic mass is 79.9. The van der Waals surface area contributed by atoms with E-state index in [4.69, 9.17) is 5.11 Å². The van der Waals surface area contributed by atoms with Crippen LogP contribution in [0.4, 0.5) is 0 Å². The predicted molar refractivity (Wildman–Crippen MR) is 42.7 cm³/mol. The smallest absolute Gasteiger partial charge is 0.352 e. The van der Waals surface area contributed by atoms with Crippen LogP contribution in [-0.2, 0) is 7.05 Å². The Labute approximate surface area is 69.0 Å². The molecule has 0 spiro atoms. The van der Waals surface area contributed by atoms with Crippen LogP contribution in [-0.4, -0.2) is 15.6 Å². The third-order valence-corrected chi connectivity index (χ3v) is 1.16. The SMILES string of the molecule is Br.Cn1cccc1C(=O)O. The van der Waals surface area contributed by atoms with Crippen molar-refractivity contribution in [3.63, 3.8) is 0 Å². The molecule has 1 heterocycles. The molecule has 0 aliphatic carbocycles. The number of hydrogen-bond donors (Lipinski definition) is 1. The van der Waals surface area contributed by atoms with Crippen molar-refractivity contribution in [2.45, 2.75) is 0 Å². The van der Waals surface area contributed by atoms with E-state index in [1.54, 1.807) is 29.9 Å². The molecular weight excluding hydrogens is 198 g/mol. The zero-order valence-corrected chi connectivity index (χ0v) is 7.16. The molecule has 0 saturated carbocycles. The minimum atomic E-state index is -0.887. The van der Waals surface area contributed by atoms with Crippen LogP contribution < -0.4 is 0 Å². The normalized spacial score (nSPS) is 8.50. The fraction of sp³-hybridized carbons (Fsp3) is 0.167. The van der Waals surface area contributed by atoms with Gasteiger partial charge in [0.2, 0.25) is 0 Å². The Morgan fingerprint density at radius 1 is 1.70 bits per heavy atom. The summed E-state index contributed by atoms with van der Waals surface area (Å²) in [5, 5.41) is 8.43. The van der Waals surface area contributed by atoms with Gasteiger partial charge in [-0.2, -0.15) is 0 Å². The molecule has 0 radical (unpaired) electrons. The lowest BCUT2D eigenvalue weighted by Crippen LogP contribution is -2.02. The molecule has 1 rings (SSSR count). The van der Waals surface area contributed by atoms with E-state index in [1.165, 1.54) is 0 Å². The van der Waals surface area contributed by atoms with E-state index in [1.807, 2.05) is 0 Å². The van der Waals surface area contributed by atoms with Crippen LogP contribution in [0, 0.1) is 0 Å². The molecular formula is C6H8BrNO2. The molecule has 1 aromatic rings. The molecule has 0 aliphatic heterocycles. The minimum Gasteiger partial charge on any atom is -0.477 e. The van der Waals surface area contributed by atoms with Crippen LogP contribution >= 0.6 is 17.0 Å². The van der Waals surface area contributed by atoms with Crippen molar-refractivity contribution in [2.24, 2.45) is 7.05 Å². The summed E-state index contributed by atoms with van der Waals surface area (Å²) in [6.45, 7) is 0. The monoisotopic (exact) mass is 205 g/mol. The number of carboxylic acid groups (broad SMARTS) is 1. The lowest BCUT2D eigenvalue weighted by molar-refractivity contribution is 0.0686. The van der Waals surface area contributed by atoms with Crippen LogP contribution in [0.5, 0.6) is 0 Å². The summed E-state index contributed by atoms with van der Waals surface area (Å²) in [6, 6.07) is 3.26. The Morgan fingerprint density at radius 2 is 2.30 bits per heavy atom. The highest BCUT2D eigenvalue weighted by Crippen LogP contribution is 1.97. The molecule has 0 bridgehead atoms. The van der Waals surface area contributed by atoms with E-state index in [2.05, 4.69) is 0 Å². The molecule has 4 heteroatoms. The van der Waals surface area contributed by atoms with E-state index in [9.17, 15) is 4.79 Å². The van der Waals surface area contributed by atoms with Gasteiger partial charge in [-0.05, 0) is 12.1 Å². The predicted octanol–water partition coefficient (Wildman–Crippen LogP) is 1.30. The second-order valence-electron chi connectivity index (χ2n) is 1.81. The first kappa shape index (κ1) is 9.23. The second-order valence-corrected chi connectivity index (χ2v) is 1.81. The fourth-order valence-electron chi connectivity index (χ4n) is 0.683. The lowest BCUT2D eigenvalue weighted by Gasteiger charge is -1.93. The number of carboxylic acids is 1. The second kappa shape index (κ2) is 3.41. The van der Waals surface area contributed by atoms with E-state index in [-0.39, 0.29) is 17.0 Å². The number of carbonyl (C=O) groups is 1. The van der Waals surface area contributed by atoms with E-state index >= 15 is 0 Å². The summed E-state index contributed by atoms with van der Waals surface area (Å²) >= 11 is 0. The number of hydrogen-bond acceptors (Lipinski definition) is 1. The number of rotatable bonds is 1. The van der Waals surface area contributed by atoms with Gasteiger partial charge in [0.05, 0.1) is 0 Å². The molecule has 1 aromatic heterocycles. The quantitative estimate of drug-likeness (QED) is 0.752. The van der Waals surface area contributed by atoms with Crippen LogP contribution in [0.25, 0.3) is 0 Å². The van der Waals surface area contributed by atoms with Gasteiger partial charge in [-0.25, -0.2) is 4.79 Å². The van der Waals surface area contributed by atoms with Gasteiger partial charge < -0.3 is 9.67 Å². The molecule has 0 amide bonds. The Hall–Kier alpha value is -0.770.